The number of para-hydroxylation sites is 3. The molecule has 54 heavy (non-hydrogen) atoms. The fourth-order valence-electron chi connectivity index (χ4n) is 9.28. The van der Waals surface area contributed by atoms with Gasteiger partial charge in [0.25, 0.3) is 0 Å². The Hall–Kier alpha value is -6.55. The monoisotopic (exact) mass is 704 g/mol. The predicted molar refractivity (Wildman–Crippen MR) is 230 cm³/mol. The van der Waals surface area contributed by atoms with E-state index in [4.69, 9.17) is 4.98 Å². The highest BCUT2D eigenvalue weighted by molar-refractivity contribution is 7.26. The number of pyridine rings is 1. The lowest BCUT2D eigenvalue weighted by Crippen LogP contribution is -2.07. The van der Waals surface area contributed by atoms with Crippen molar-refractivity contribution in [3.05, 3.63) is 181 Å². The molecule has 12 rings (SSSR count). The summed E-state index contributed by atoms with van der Waals surface area (Å²) in [6.45, 7) is 0. The zero-order valence-electron chi connectivity index (χ0n) is 29.4. The molecule has 1 aliphatic rings. The third-order valence-electron chi connectivity index (χ3n) is 11.7. The predicted octanol–water partition coefficient (Wildman–Crippen LogP) is 14.0. The lowest BCUT2D eigenvalue weighted by atomic mass is 9.83. The highest BCUT2D eigenvalue weighted by Crippen LogP contribution is 2.46. The van der Waals surface area contributed by atoms with Gasteiger partial charge in [0, 0.05) is 58.4 Å². The number of aromatic nitrogens is 2. The minimum absolute atomic E-state index is 1.01. The van der Waals surface area contributed by atoms with Gasteiger partial charge in [-0.15, -0.1) is 11.3 Å². The van der Waals surface area contributed by atoms with E-state index in [1.807, 2.05) is 11.3 Å². The van der Waals surface area contributed by atoms with Crippen LogP contribution in [0, 0.1) is 0 Å². The van der Waals surface area contributed by atoms with E-state index in [0.717, 1.165) is 29.6 Å². The number of hydrogen-bond acceptors (Lipinski definition) is 2. The SMILES string of the molecule is c1ccc(-c2nc3ccccc3c3c2ccc2sc4ccc(-c5ccc6c(c5)CCc5c-6ccc6c7ccccc7n(-c7ccccc7)c56)cc4c23)cc1. The molecule has 1 aliphatic carbocycles. The molecule has 3 aromatic heterocycles. The zero-order chi connectivity index (χ0) is 35.3. The van der Waals surface area contributed by atoms with Crippen LogP contribution in [0.2, 0.25) is 0 Å². The highest BCUT2D eigenvalue weighted by Gasteiger charge is 2.24. The molecule has 0 atom stereocenters. The Morgan fingerprint density at radius 3 is 2.06 bits per heavy atom. The highest BCUT2D eigenvalue weighted by atomic mass is 32.1. The molecular weight excluding hydrogens is 673 g/mol. The van der Waals surface area contributed by atoms with Crippen LogP contribution in [-0.4, -0.2) is 9.55 Å². The second-order valence-corrected chi connectivity index (χ2v) is 15.6. The lowest BCUT2D eigenvalue weighted by molar-refractivity contribution is 0.943. The molecule has 252 valence electrons. The first-order valence-corrected chi connectivity index (χ1v) is 19.6. The van der Waals surface area contributed by atoms with E-state index in [2.05, 4.69) is 174 Å². The van der Waals surface area contributed by atoms with Crippen molar-refractivity contribution in [2.75, 3.05) is 0 Å². The quantitative estimate of drug-likeness (QED) is 0.167. The average Bonchev–Trinajstić information content (AvgIpc) is 3.79. The standard InChI is InChI=1S/C51H32N2S/c1-3-11-31(12-4-1)50-42-26-28-47-49(48(42)41-16-7-9-17-44(41)52-50)43-30-33(21-27-46(43)54-47)32-19-22-36-34(29-32)20-23-39-37(36)24-25-40-38-15-8-10-18-45(38)53(51(39)40)35-13-5-2-6-14-35/h1-19,21-22,24-30H,20,23H2. The number of aryl methyl sites for hydroxylation is 2. The van der Waals surface area contributed by atoms with E-state index in [1.165, 1.54) is 97.2 Å². The third kappa shape index (κ3) is 4.30. The molecule has 0 N–H and O–H groups in total. The van der Waals surface area contributed by atoms with Crippen molar-refractivity contribution in [1.29, 1.82) is 0 Å². The van der Waals surface area contributed by atoms with Gasteiger partial charge < -0.3 is 4.57 Å². The van der Waals surface area contributed by atoms with E-state index >= 15 is 0 Å². The Morgan fingerprint density at radius 1 is 0.463 bits per heavy atom. The molecule has 3 heterocycles. The van der Waals surface area contributed by atoms with E-state index in [9.17, 15) is 0 Å². The smallest absolute Gasteiger partial charge is 0.0788 e. The van der Waals surface area contributed by atoms with Crippen molar-refractivity contribution in [2.45, 2.75) is 12.8 Å². The van der Waals surface area contributed by atoms with Crippen LogP contribution in [-0.2, 0) is 12.8 Å². The van der Waals surface area contributed by atoms with Crippen LogP contribution in [0.5, 0.6) is 0 Å². The first-order valence-electron chi connectivity index (χ1n) is 18.8. The molecule has 0 fully saturated rings. The molecule has 11 aromatic rings. The van der Waals surface area contributed by atoms with Gasteiger partial charge in [-0.3, -0.25) is 0 Å². The molecule has 0 saturated carbocycles. The average molecular weight is 705 g/mol. The van der Waals surface area contributed by atoms with Crippen molar-refractivity contribution < 1.29 is 0 Å². The fourth-order valence-corrected chi connectivity index (χ4v) is 10.4. The molecular formula is C51H32N2S. The molecule has 0 spiro atoms. The van der Waals surface area contributed by atoms with Gasteiger partial charge in [0.05, 0.1) is 22.2 Å². The van der Waals surface area contributed by atoms with Crippen molar-refractivity contribution >= 4 is 75.0 Å². The maximum Gasteiger partial charge on any atom is 0.0788 e. The van der Waals surface area contributed by atoms with Crippen molar-refractivity contribution in [1.82, 2.24) is 9.55 Å². The maximum atomic E-state index is 5.22. The van der Waals surface area contributed by atoms with Gasteiger partial charge in [0.1, 0.15) is 0 Å². The number of nitrogens with zero attached hydrogens (tertiary/aromatic N) is 2. The Kier molecular flexibility index (Phi) is 6.37. The summed E-state index contributed by atoms with van der Waals surface area (Å²) in [7, 11) is 0. The van der Waals surface area contributed by atoms with Crippen molar-refractivity contribution in [2.24, 2.45) is 0 Å². The normalized spacial score (nSPS) is 12.7. The number of thiophene rings is 1. The van der Waals surface area contributed by atoms with Gasteiger partial charge in [-0.05, 0) is 88.7 Å². The number of benzene rings is 8. The Labute approximate surface area is 316 Å². The number of rotatable bonds is 3. The van der Waals surface area contributed by atoms with Crippen LogP contribution >= 0.6 is 11.3 Å². The van der Waals surface area contributed by atoms with Crippen LogP contribution in [0.15, 0.2) is 170 Å². The lowest BCUT2D eigenvalue weighted by Gasteiger charge is -2.23. The van der Waals surface area contributed by atoms with Crippen molar-refractivity contribution in [3.63, 3.8) is 0 Å². The van der Waals surface area contributed by atoms with Gasteiger partial charge in [-0.1, -0.05) is 127 Å². The first kappa shape index (κ1) is 30.0. The summed E-state index contributed by atoms with van der Waals surface area (Å²) in [6.07, 6.45) is 2.03. The molecule has 0 saturated heterocycles. The number of hydrogen-bond donors (Lipinski definition) is 0. The summed E-state index contributed by atoms with van der Waals surface area (Å²) in [5.74, 6) is 0. The van der Waals surface area contributed by atoms with Gasteiger partial charge in [-0.25, -0.2) is 4.98 Å². The fraction of sp³-hybridized carbons (Fsp3) is 0.0392. The van der Waals surface area contributed by atoms with Crippen LogP contribution < -0.4 is 0 Å². The summed E-state index contributed by atoms with van der Waals surface area (Å²) in [6, 6.07) is 62.5. The van der Waals surface area contributed by atoms with Gasteiger partial charge in [0.15, 0.2) is 0 Å². The zero-order valence-corrected chi connectivity index (χ0v) is 30.2. The molecule has 0 aliphatic heterocycles. The van der Waals surface area contributed by atoms with Crippen LogP contribution in [0.25, 0.3) is 103 Å². The summed E-state index contributed by atoms with van der Waals surface area (Å²) in [4.78, 5) is 5.22. The molecule has 2 nitrogen and oxygen atoms in total. The van der Waals surface area contributed by atoms with Gasteiger partial charge >= 0.3 is 0 Å². The molecule has 0 unspecified atom stereocenters. The topological polar surface area (TPSA) is 17.8 Å². The first-order chi connectivity index (χ1) is 26.8. The third-order valence-corrected chi connectivity index (χ3v) is 12.8. The summed E-state index contributed by atoms with van der Waals surface area (Å²) in [5.41, 5.74) is 15.1. The summed E-state index contributed by atoms with van der Waals surface area (Å²) < 4.78 is 5.11. The molecule has 0 radical (unpaired) electrons. The Balaban J connectivity index is 1.04. The Bertz CT molecular complexity index is 3320. The van der Waals surface area contributed by atoms with Crippen LogP contribution in [0.1, 0.15) is 11.1 Å². The molecule has 8 aromatic carbocycles. The van der Waals surface area contributed by atoms with E-state index in [1.54, 1.807) is 0 Å². The van der Waals surface area contributed by atoms with E-state index in [0.29, 0.717) is 0 Å². The van der Waals surface area contributed by atoms with Gasteiger partial charge in [-0.2, -0.15) is 0 Å². The van der Waals surface area contributed by atoms with E-state index < -0.39 is 0 Å². The minimum Gasteiger partial charge on any atom is -0.309 e. The molecule has 0 amide bonds. The molecule has 3 heteroatoms. The summed E-state index contributed by atoms with van der Waals surface area (Å²) >= 11 is 1.89. The van der Waals surface area contributed by atoms with Crippen LogP contribution in [0.3, 0.4) is 0 Å². The summed E-state index contributed by atoms with van der Waals surface area (Å²) in [5, 5.41) is 8.98. The second-order valence-electron chi connectivity index (χ2n) is 14.6. The minimum atomic E-state index is 1.01. The van der Waals surface area contributed by atoms with Crippen LogP contribution in [0.4, 0.5) is 0 Å². The second kappa shape index (κ2) is 11.5. The Morgan fingerprint density at radius 2 is 1.17 bits per heavy atom. The van der Waals surface area contributed by atoms with E-state index in [-0.39, 0.29) is 0 Å². The van der Waals surface area contributed by atoms with Gasteiger partial charge in [0.2, 0.25) is 0 Å². The number of fused-ring (bicyclic) bond motifs is 14. The van der Waals surface area contributed by atoms with Crippen molar-refractivity contribution in [3.8, 4) is 39.2 Å². The molecule has 0 bridgehead atoms. The largest absolute Gasteiger partial charge is 0.309 e. The maximum absolute atomic E-state index is 5.22.